The first kappa shape index (κ1) is 11.6. The lowest BCUT2D eigenvalue weighted by molar-refractivity contribution is -0.146. The fraction of sp³-hybridized carbons (Fsp3) is 0.750. The third kappa shape index (κ3) is 1.99. The van der Waals surface area contributed by atoms with Gasteiger partial charge in [0.05, 0.1) is 11.8 Å². The Kier molecular flexibility index (Phi) is 3.30. The first-order chi connectivity index (χ1) is 7.69. The number of aryl methyl sites for hydroxylation is 1. The second-order valence-corrected chi connectivity index (χ2v) is 4.46. The average Bonchev–Trinajstić information content (AvgIpc) is 2.65. The fourth-order valence-corrected chi connectivity index (χ4v) is 2.37. The van der Waals surface area contributed by atoms with Gasteiger partial charge in [-0.1, -0.05) is 6.92 Å². The molecule has 1 N–H and O–H groups in total. The van der Waals surface area contributed by atoms with Crippen LogP contribution in [-0.4, -0.2) is 27.6 Å². The highest BCUT2D eigenvalue weighted by atomic mass is 16.5. The summed E-state index contributed by atoms with van der Waals surface area (Å²) in [5.74, 6) is 0. The van der Waals surface area contributed by atoms with Gasteiger partial charge in [0, 0.05) is 32.2 Å². The molecule has 0 atom stereocenters. The van der Waals surface area contributed by atoms with Crippen LogP contribution in [0.4, 0.5) is 0 Å². The van der Waals surface area contributed by atoms with Crippen LogP contribution in [0.25, 0.3) is 0 Å². The molecule has 0 unspecified atom stereocenters. The highest BCUT2D eigenvalue weighted by Crippen LogP contribution is 2.42. The summed E-state index contributed by atoms with van der Waals surface area (Å²) in [6.07, 6.45) is 4.38. The molecule has 4 nitrogen and oxygen atoms in total. The molecule has 1 aromatic rings. The van der Waals surface area contributed by atoms with Gasteiger partial charge in [-0.2, -0.15) is 5.10 Å². The summed E-state index contributed by atoms with van der Waals surface area (Å²) in [6.45, 7) is 5.68. The monoisotopic (exact) mass is 224 g/mol. The number of hydrogen-bond donors (Lipinski definition) is 1. The van der Waals surface area contributed by atoms with Crippen LogP contribution in [0.3, 0.4) is 0 Å². The Morgan fingerprint density at radius 2 is 2.31 bits per heavy atom. The van der Waals surface area contributed by atoms with Crippen LogP contribution in [0.2, 0.25) is 0 Å². The molecule has 90 valence electrons. The quantitative estimate of drug-likeness (QED) is 0.827. The van der Waals surface area contributed by atoms with Gasteiger partial charge >= 0.3 is 0 Å². The van der Waals surface area contributed by atoms with Crippen LogP contribution in [0.1, 0.15) is 38.8 Å². The lowest BCUT2D eigenvalue weighted by Crippen LogP contribution is -2.47. The molecule has 1 saturated carbocycles. The third-order valence-electron chi connectivity index (χ3n) is 3.16. The van der Waals surface area contributed by atoms with Crippen LogP contribution in [0, 0.1) is 0 Å². The number of rotatable bonds is 5. The maximum Gasteiger partial charge on any atom is 0.111 e. The standard InChI is InChI=1S/C12H20N2O2/c1-3-7-14-11(5-6-13-14)12(15)8-10(9-12)16-4-2/h5-6,10,15H,3-4,7-9H2,1-2H3. The molecule has 0 aromatic carbocycles. The van der Waals surface area contributed by atoms with Crippen molar-refractivity contribution < 1.29 is 9.84 Å². The summed E-state index contributed by atoms with van der Waals surface area (Å²) in [7, 11) is 0. The van der Waals surface area contributed by atoms with Crippen molar-refractivity contribution in [3.8, 4) is 0 Å². The van der Waals surface area contributed by atoms with Crippen LogP contribution < -0.4 is 0 Å². The van der Waals surface area contributed by atoms with Gasteiger partial charge in [0.1, 0.15) is 5.60 Å². The Hall–Kier alpha value is -0.870. The number of hydrogen-bond acceptors (Lipinski definition) is 3. The van der Waals surface area contributed by atoms with Gasteiger partial charge in [0.25, 0.3) is 0 Å². The molecule has 1 heterocycles. The molecule has 0 amide bonds. The Bertz CT molecular complexity index is 343. The first-order valence-electron chi connectivity index (χ1n) is 6.06. The molecule has 1 aromatic heterocycles. The molecule has 0 spiro atoms. The average molecular weight is 224 g/mol. The Morgan fingerprint density at radius 3 is 2.94 bits per heavy atom. The molecule has 4 heteroatoms. The zero-order chi connectivity index (χ0) is 11.6. The summed E-state index contributed by atoms with van der Waals surface area (Å²) in [5.41, 5.74) is 0.219. The van der Waals surface area contributed by atoms with E-state index in [4.69, 9.17) is 4.74 Å². The first-order valence-corrected chi connectivity index (χ1v) is 6.06. The Morgan fingerprint density at radius 1 is 1.56 bits per heavy atom. The highest BCUT2D eigenvalue weighted by Gasteiger charge is 2.46. The van der Waals surface area contributed by atoms with Gasteiger partial charge in [-0.25, -0.2) is 0 Å². The molecule has 0 aliphatic heterocycles. The minimum absolute atomic E-state index is 0.208. The van der Waals surface area contributed by atoms with Crippen molar-refractivity contribution in [2.75, 3.05) is 6.61 Å². The molecule has 0 saturated heterocycles. The van der Waals surface area contributed by atoms with E-state index in [9.17, 15) is 5.11 Å². The second kappa shape index (κ2) is 4.55. The van der Waals surface area contributed by atoms with E-state index in [0.717, 1.165) is 25.3 Å². The van der Waals surface area contributed by atoms with Crippen LogP contribution >= 0.6 is 0 Å². The van der Waals surface area contributed by atoms with Crippen LogP contribution in [0.15, 0.2) is 12.3 Å². The summed E-state index contributed by atoms with van der Waals surface area (Å²) in [6, 6.07) is 1.91. The second-order valence-electron chi connectivity index (χ2n) is 4.46. The van der Waals surface area contributed by atoms with Crippen molar-refractivity contribution in [3.05, 3.63) is 18.0 Å². The molecular weight excluding hydrogens is 204 g/mol. The van der Waals surface area contributed by atoms with Crippen molar-refractivity contribution in [3.63, 3.8) is 0 Å². The molecule has 2 rings (SSSR count). The van der Waals surface area contributed by atoms with Gasteiger partial charge in [0.15, 0.2) is 0 Å². The molecule has 1 fully saturated rings. The van der Waals surface area contributed by atoms with E-state index >= 15 is 0 Å². The zero-order valence-corrected chi connectivity index (χ0v) is 10.0. The van der Waals surface area contributed by atoms with Gasteiger partial charge < -0.3 is 9.84 Å². The van der Waals surface area contributed by atoms with E-state index in [1.54, 1.807) is 6.20 Å². The smallest absolute Gasteiger partial charge is 0.111 e. The van der Waals surface area contributed by atoms with Crippen LogP contribution in [-0.2, 0) is 16.9 Å². The number of nitrogens with zero attached hydrogens (tertiary/aromatic N) is 2. The van der Waals surface area contributed by atoms with E-state index in [-0.39, 0.29) is 6.10 Å². The molecule has 0 bridgehead atoms. The lowest BCUT2D eigenvalue weighted by atomic mass is 9.75. The third-order valence-corrected chi connectivity index (χ3v) is 3.16. The topological polar surface area (TPSA) is 47.3 Å². The number of ether oxygens (including phenoxy) is 1. The molecule has 1 aliphatic carbocycles. The SMILES string of the molecule is CCCn1nccc1C1(O)CC(OCC)C1. The van der Waals surface area contributed by atoms with E-state index < -0.39 is 5.60 Å². The minimum atomic E-state index is -0.717. The van der Waals surface area contributed by atoms with Gasteiger partial charge in [0.2, 0.25) is 0 Å². The van der Waals surface area contributed by atoms with Crippen molar-refractivity contribution in [1.29, 1.82) is 0 Å². The predicted octanol–water partition coefficient (Wildman–Crippen LogP) is 1.68. The zero-order valence-electron chi connectivity index (χ0n) is 10.0. The molecular formula is C12H20N2O2. The summed E-state index contributed by atoms with van der Waals surface area (Å²) in [4.78, 5) is 0. The van der Waals surface area contributed by atoms with Crippen molar-refractivity contribution in [2.24, 2.45) is 0 Å². The molecule has 16 heavy (non-hydrogen) atoms. The number of aliphatic hydroxyl groups is 1. The van der Waals surface area contributed by atoms with Crippen molar-refractivity contribution in [1.82, 2.24) is 9.78 Å². The van der Waals surface area contributed by atoms with E-state index in [1.807, 2.05) is 17.7 Å². The summed E-state index contributed by atoms with van der Waals surface area (Å²) < 4.78 is 7.39. The fourth-order valence-electron chi connectivity index (χ4n) is 2.37. The van der Waals surface area contributed by atoms with E-state index in [0.29, 0.717) is 12.8 Å². The summed E-state index contributed by atoms with van der Waals surface area (Å²) in [5, 5.41) is 14.7. The number of aromatic nitrogens is 2. The van der Waals surface area contributed by atoms with E-state index in [2.05, 4.69) is 12.0 Å². The minimum Gasteiger partial charge on any atom is -0.383 e. The van der Waals surface area contributed by atoms with Gasteiger partial charge in [-0.05, 0) is 19.4 Å². The van der Waals surface area contributed by atoms with Crippen molar-refractivity contribution >= 4 is 0 Å². The molecule has 0 radical (unpaired) electrons. The van der Waals surface area contributed by atoms with Gasteiger partial charge in [-0.15, -0.1) is 0 Å². The maximum atomic E-state index is 10.4. The Labute approximate surface area is 96.2 Å². The predicted molar refractivity (Wildman–Crippen MR) is 61.1 cm³/mol. The van der Waals surface area contributed by atoms with Crippen molar-refractivity contribution in [2.45, 2.75) is 51.4 Å². The van der Waals surface area contributed by atoms with E-state index in [1.165, 1.54) is 0 Å². The normalized spacial score (nSPS) is 29.1. The highest BCUT2D eigenvalue weighted by molar-refractivity contribution is 5.17. The largest absolute Gasteiger partial charge is 0.383 e. The summed E-state index contributed by atoms with van der Waals surface area (Å²) >= 11 is 0. The molecule has 1 aliphatic rings. The van der Waals surface area contributed by atoms with Gasteiger partial charge in [-0.3, -0.25) is 4.68 Å². The maximum absolute atomic E-state index is 10.4. The van der Waals surface area contributed by atoms with Crippen LogP contribution in [0.5, 0.6) is 0 Å². The Balaban J connectivity index is 2.04. The lowest BCUT2D eigenvalue weighted by Gasteiger charge is -2.43.